The zero-order chi connectivity index (χ0) is 19.0. The number of piperidine rings is 1. The van der Waals surface area contributed by atoms with E-state index >= 15 is 0 Å². The van der Waals surface area contributed by atoms with Crippen molar-refractivity contribution < 1.29 is 4.79 Å². The van der Waals surface area contributed by atoms with Crippen LogP contribution >= 0.6 is 15.9 Å². The number of halogens is 1. The van der Waals surface area contributed by atoms with E-state index in [0.29, 0.717) is 43.7 Å². The Kier molecular flexibility index (Phi) is 5.14. The number of nitrogens with one attached hydrogen (secondary N) is 1. The van der Waals surface area contributed by atoms with E-state index in [2.05, 4.69) is 57.8 Å². The summed E-state index contributed by atoms with van der Waals surface area (Å²) in [6, 6.07) is 0.413. The van der Waals surface area contributed by atoms with E-state index in [1.54, 1.807) is 6.20 Å². The van der Waals surface area contributed by atoms with Crippen LogP contribution in [-0.2, 0) is 4.79 Å². The third-order valence-corrected chi connectivity index (χ3v) is 5.81. The Labute approximate surface area is 167 Å². The third-order valence-electron chi connectivity index (χ3n) is 5.25. The van der Waals surface area contributed by atoms with Gasteiger partial charge in [0.2, 0.25) is 5.95 Å². The topological polar surface area (TPSA) is 79.2 Å². The highest BCUT2D eigenvalue weighted by atomic mass is 79.9. The second kappa shape index (κ2) is 7.55. The third kappa shape index (κ3) is 3.98. The molecule has 4 rings (SSSR count). The minimum Gasteiger partial charge on any atom is -0.355 e. The molecule has 0 bridgehead atoms. The van der Waals surface area contributed by atoms with Crippen molar-refractivity contribution in [2.45, 2.75) is 32.2 Å². The molecule has 0 saturated carbocycles. The maximum atomic E-state index is 11.5. The summed E-state index contributed by atoms with van der Waals surface area (Å²) in [4.78, 5) is 25.0. The molecular weight excluding hydrogens is 410 g/mol. The SMILES string of the molecule is Cc1nn(C2CCN(C)C2)cc1Nc1ncc(Br)c(N2CCC(=O)CC2)n1. The number of carbonyl (C=O) groups is 1. The summed E-state index contributed by atoms with van der Waals surface area (Å²) in [5.74, 6) is 1.68. The van der Waals surface area contributed by atoms with Gasteiger partial charge in [0.25, 0.3) is 0 Å². The first-order valence-corrected chi connectivity index (χ1v) is 10.1. The second-order valence-corrected chi connectivity index (χ2v) is 8.18. The van der Waals surface area contributed by atoms with Crippen molar-refractivity contribution >= 4 is 39.2 Å². The summed E-state index contributed by atoms with van der Waals surface area (Å²) in [5, 5.41) is 7.99. The van der Waals surface area contributed by atoms with Crippen molar-refractivity contribution in [1.82, 2.24) is 24.6 Å². The Morgan fingerprint density at radius 1 is 1.26 bits per heavy atom. The molecule has 1 N–H and O–H groups in total. The summed E-state index contributed by atoms with van der Waals surface area (Å²) in [5.41, 5.74) is 1.85. The van der Waals surface area contributed by atoms with Crippen LogP contribution < -0.4 is 10.2 Å². The summed E-state index contributed by atoms with van der Waals surface area (Å²) in [6.07, 6.45) is 6.06. The fraction of sp³-hybridized carbons (Fsp3) is 0.556. The highest BCUT2D eigenvalue weighted by molar-refractivity contribution is 9.10. The van der Waals surface area contributed by atoms with Crippen LogP contribution in [0, 0.1) is 6.92 Å². The van der Waals surface area contributed by atoms with Crippen LogP contribution in [0.25, 0.3) is 0 Å². The maximum absolute atomic E-state index is 11.5. The van der Waals surface area contributed by atoms with Gasteiger partial charge < -0.3 is 15.1 Å². The number of ketones is 1. The molecule has 2 aromatic rings. The molecule has 1 atom stereocenters. The number of Topliss-reactive ketones (excluding diaryl/α,β-unsaturated/α-hetero) is 1. The van der Waals surface area contributed by atoms with Crippen LogP contribution in [0.2, 0.25) is 0 Å². The van der Waals surface area contributed by atoms with E-state index in [0.717, 1.165) is 41.2 Å². The van der Waals surface area contributed by atoms with Crippen molar-refractivity contribution in [1.29, 1.82) is 0 Å². The van der Waals surface area contributed by atoms with E-state index in [-0.39, 0.29) is 0 Å². The zero-order valence-electron chi connectivity index (χ0n) is 15.7. The minimum atomic E-state index is 0.315. The van der Waals surface area contributed by atoms with Crippen molar-refractivity contribution in [2.75, 3.05) is 43.4 Å². The lowest BCUT2D eigenvalue weighted by Gasteiger charge is -2.27. The highest BCUT2D eigenvalue weighted by Crippen LogP contribution is 2.28. The van der Waals surface area contributed by atoms with Gasteiger partial charge in [0.1, 0.15) is 11.6 Å². The predicted molar refractivity (Wildman–Crippen MR) is 108 cm³/mol. The van der Waals surface area contributed by atoms with Crippen LogP contribution in [0.1, 0.15) is 31.0 Å². The molecule has 0 aliphatic carbocycles. The van der Waals surface area contributed by atoms with E-state index in [1.165, 1.54) is 0 Å². The van der Waals surface area contributed by atoms with Gasteiger partial charge in [0.15, 0.2) is 0 Å². The number of likely N-dealkylation sites (tertiary alicyclic amines) is 1. The maximum Gasteiger partial charge on any atom is 0.229 e. The number of hydrogen-bond donors (Lipinski definition) is 1. The van der Waals surface area contributed by atoms with Gasteiger partial charge in [-0.2, -0.15) is 10.1 Å². The van der Waals surface area contributed by atoms with Gasteiger partial charge in [-0.05, 0) is 42.9 Å². The molecule has 9 heteroatoms. The zero-order valence-corrected chi connectivity index (χ0v) is 17.2. The number of hydrogen-bond acceptors (Lipinski definition) is 7. The molecule has 0 aromatic carbocycles. The molecule has 0 radical (unpaired) electrons. The van der Waals surface area contributed by atoms with E-state index < -0.39 is 0 Å². The molecule has 2 saturated heterocycles. The van der Waals surface area contributed by atoms with E-state index in [4.69, 9.17) is 0 Å². The molecular formula is C18H24BrN7O. The van der Waals surface area contributed by atoms with Gasteiger partial charge in [-0.1, -0.05) is 0 Å². The predicted octanol–water partition coefficient (Wildman–Crippen LogP) is 2.53. The fourth-order valence-electron chi connectivity index (χ4n) is 3.65. The van der Waals surface area contributed by atoms with Crippen LogP contribution in [0.15, 0.2) is 16.9 Å². The number of aryl methyl sites for hydroxylation is 1. The molecule has 4 heterocycles. The van der Waals surface area contributed by atoms with Gasteiger partial charge >= 0.3 is 0 Å². The average molecular weight is 434 g/mol. The van der Waals surface area contributed by atoms with Crippen LogP contribution in [0.3, 0.4) is 0 Å². The Morgan fingerprint density at radius 2 is 2.04 bits per heavy atom. The normalized spacial score (nSPS) is 21.1. The molecule has 0 amide bonds. The smallest absolute Gasteiger partial charge is 0.229 e. The number of nitrogens with zero attached hydrogens (tertiary/aromatic N) is 6. The molecule has 2 aliphatic rings. The van der Waals surface area contributed by atoms with Crippen molar-refractivity contribution in [3.63, 3.8) is 0 Å². The van der Waals surface area contributed by atoms with E-state index in [1.807, 2.05) is 13.1 Å². The first-order valence-electron chi connectivity index (χ1n) is 9.30. The number of likely N-dealkylation sites (N-methyl/N-ethyl adjacent to an activating group) is 1. The monoisotopic (exact) mass is 433 g/mol. The average Bonchev–Trinajstić information content (AvgIpc) is 3.23. The molecule has 144 valence electrons. The van der Waals surface area contributed by atoms with Crippen molar-refractivity contribution in [3.05, 3.63) is 22.6 Å². The van der Waals surface area contributed by atoms with Gasteiger partial charge in [-0.3, -0.25) is 9.48 Å². The Hall–Kier alpha value is -2.00. The van der Waals surface area contributed by atoms with Gasteiger partial charge in [0, 0.05) is 44.9 Å². The fourth-order valence-corrected chi connectivity index (χ4v) is 4.09. The molecule has 2 fully saturated rings. The summed E-state index contributed by atoms with van der Waals surface area (Å²) < 4.78 is 2.89. The summed E-state index contributed by atoms with van der Waals surface area (Å²) in [7, 11) is 2.14. The Bertz CT molecular complexity index is 842. The molecule has 8 nitrogen and oxygen atoms in total. The largest absolute Gasteiger partial charge is 0.355 e. The summed E-state index contributed by atoms with van der Waals surface area (Å²) in [6.45, 7) is 5.50. The minimum absolute atomic E-state index is 0.315. The number of carbonyl (C=O) groups excluding carboxylic acids is 1. The standard InChI is InChI=1S/C18H24BrN7O/c1-12-16(11-26(23-12)13-3-6-24(2)10-13)21-18-20-9-15(19)17(22-18)25-7-4-14(27)5-8-25/h9,11,13H,3-8,10H2,1-2H3,(H,20,21,22). The van der Waals surface area contributed by atoms with E-state index in [9.17, 15) is 4.79 Å². The Morgan fingerprint density at radius 3 is 2.74 bits per heavy atom. The van der Waals surface area contributed by atoms with Gasteiger partial charge in [-0.15, -0.1) is 0 Å². The second-order valence-electron chi connectivity index (χ2n) is 7.33. The van der Waals surface area contributed by atoms with Crippen molar-refractivity contribution in [3.8, 4) is 0 Å². The van der Waals surface area contributed by atoms with Gasteiger partial charge in [-0.25, -0.2) is 4.98 Å². The molecule has 2 aromatic heterocycles. The van der Waals surface area contributed by atoms with Crippen molar-refractivity contribution in [2.24, 2.45) is 0 Å². The molecule has 2 aliphatic heterocycles. The van der Waals surface area contributed by atoms with Crippen LogP contribution in [-0.4, -0.2) is 63.7 Å². The number of aromatic nitrogens is 4. The van der Waals surface area contributed by atoms with Crippen LogP contribution in [0.5, 0.6) is 0 Å². The molecule has 0 spiro atoms. The first-order chi connectivity index (χ1) is 13.0. The van der Waals surface area contributed by atoms with Crippen LogP contribution in [0.4, 0.5) is 17.5 Å². The molecule has 1 unspecified atom stereocenters. The lowest BCUT2D eigenvalue weighted by atomic mass is 10.1. The first kappa shape index (κ1) is 18.4. The highest BCUT2D eigenvalue weighted by Gasteiger charge is 2.23. The lowest BCUT2D eigenvalue weighted by Crippen LogP contribution is -2.34. The Balaban J connectivity index is 1.52. The number of rotatable bonds is 4. The molecule has 27 heavy (non-hydrogen) atoms. The summed E-state index contributed by atoms with van der Waals surface area (Å²) >= 11 is 3.53. The lowest BCUT2D eigenvalue weighted by molar-refractivity contribution is -0.119. The number of anilines is 3. The van der Waals surface area contributed by atoms with Gasteiger partial charge in [0.05, 0.1) is 21.9 Å². The quantitative estimate of drug-likeness (QED) is 0.792.